The summed E-state index contributed by atoms with van der Waals surface area (Å²) < 4.78 is 10.1. The summed E-state index contributed by atoms with van der Waals surface area (Å²) in [5.74, 6) is -0.892. The van der Waals surface area contributed by atoms with Gasteiger partial charge in [-0.05, 0) is 46.8 Å². The molecule has 0 saturated heterocycles. The van der Waals surface area contributed by atoms with E-state index >= 15 is 0 Å². The molecule has 1 aromatic rings. The van der Waals surface area contributed by atoms with Crippen LogP contribution in [0.3, 0.4) is 0 Å². The maximum Gasteiger partial charge on any atom is 0.339 e. The van der Waals surface area contributed by atoms with Crippen LogP contribution in [0.5, 0.6) is 0 Å². The molecule has 2 aliphatic carbocycles. The maximum absolute atomic E-state index is 13.0. The van der Waals surface area contributed by atoms with Gasteiger partial charge >= 0.3 is 11.9 Å². The van der Waals surface area contributed by atoms with Gasteiger partial charge < -0.3 is 9.47 Å². The number of rotatable bonds is 5. The summed E-state index contributed by atoms with van der Waals surface area (Å²) in [5, 5.41) is 0. The third-order valence-corrected chi connectivity index (χ3v) is 5.48. The molecule has 0 saturated carbocycles. The number of fused-ring (bicyclic) bond motifs is 1. The Morgan fingerprint density at radius 1 is 0.875 bits per heavy atom. The molecule has 2 aliphatic rings. The van der Waals surface area contributed by atoms with Crippen LogP contribution in [0, 0.1) is 5.92 Å². The number of esters is 2. The van der Waals surface area contributed by atoms with Crippen molar-refractivity contribution in [3.8, 4) is 0 Å². The lowest BCUT2D eigenvalue weighted by atomic mass is 9.88. The van der Waals surface area contributed by atoms with Crippen LogP contribution >= 0.6 is 0 Å². The second kappa shape index (κ2) is 10.1. The molecular weight excluding hydrogens is 400 g/mol. The Hall–Kier alpha value is -3.66. The Bertz CT molecular complexity index is 1130. The lowest BCUT2D eigenvalue weighted by Gasteiger charge is -2.17. The Morgan fingerprint density at radius 2 is 1.56 bits per heavy atom. The zero-order valence-electron chi connectivity index (χ0n) is 19.1. The van der Waals surface area contributed by atoms with Crippen LogP contribution in [-0.4, -0.2) is 26.2 Å². The van der Waals surface area contributed by atoms with Crippen LogP contribution < -0.4 is 0 Å². The van der Waals surface area contributed by atoms with Crippen LogP contribution in [0.25, 0.3) is 6.08 Å². The number of hydrogen-bond donors (Lipinski definition) is 0. The van der Waals surface area contributed by atoms with Crippen molar-refractivity contribution >= 4 is 18.0 Å². The molecule has 0 aliphatic heterocycles. The van der Waals surface area contributed by atoms with E-state index in [-0.39, 0.29) is 17.1 Å². The largest absolute Gasteiger partial charge is 0.465 e. The van der Waals surface area contributed by atoms with E-state index in [1.807, 2.05) is 61.6 Å². The zero-order valence-corrected chi connectivity index (χ0v) is 19.1. The van der Waals surface area contributed by atoms with Gasteiger partial charge in [-0.25, -0.2) is 9.59 Å². The van der Waals surface area contributed by atoms with E-state index in [2.05, 4.69) is 26.0 Å². The van der Waals surface area contributed by atoms with Gasteiger partial charge in [-0.2, -0.15) is 0 Å². The summed E-state index contributed by atoms with van der Waals surface area (Å²) in [5.41, 5.74) is 5.79. The SMILES string of the molecule is COC(=O)C1=C(C(=O)OC)C2=C(/C=C/c3ccccc3)C=CC(C(C)C)=CC2=C(C)C=C1. The van der Waals surface area contributed by atoms with E-state index in [1.165, 1.54) is 14.2 Å². The zero-order chi connectivity index (χ0) is 23.3. The number of benzene rings is 1. The smallest absolute Gasteiger partial charge is 0.339 e. The fourth-order valence-electron chi connectivity index (χ4n) is 3.66. The number of carbonyl (C=O) groups is 2. The molecule has 0 N–H and O–H groups in total. The highest BCUT2D eigenvalue weighted by Crippen LogP contribution is 2.38. The highest BCUT2D eigenvalue weighted by molar-refractivity contribution is 6.07. The molecule has 32 heavy (non-hydrogen) atoms. The first-order valence-corrected chi connectivity index (χ1v) is 10.5. The van der Waals surface area contributed by atoms with Gasteiger partial charge in [0.1, 0.15) is 0 Å². The van der Waals surface area contributed by atoms with Gasteiger partial charge in [0.25, 0.3) is 0 Å². The summed E-state index contributed by atoms with van der Waals surface area (Å²) >= 11 is 0. The highest BCUT2D eigenvalue weighted by Gasteiger charge is 2.30. The van der Waals surface area contributed by atoms with Crippen molar-refractivity contribution in [1.29, 1.82) is 0 Å². The quantitative estimate of drug-likeness (QED) is 0.567. The maximum atomic E-state index is 13.0. The molecule has 0 unspecified atom stereocenters. The average Bonchev–Trinajstić information content (AvgIpc) is 3.07. The molecule has 0 amide bonds. The second-order valence-corrected chi connectivity index (χ2v) is 7.91. The summed E-state index contributed by atoms with van der Waals surface area (Å²) in [7, 11) is 2.62. The third kappa shape index (κ3) is 4.80. The third-order valence-electron chi connectivity index (χ3n) is 5.48. The molecule has 0 spiro atoms. The van der Waals surface area contributed by atoms with Gasteiger partial charge in [0.15, 0.2) is 0 Å². The Labute approximate surface area is 189 Å². The topological polar surface area (TPSA) is 52.6 Å². The second-order valence-electron chi connectivity index (χ2n) is 7.91. The van der Waals surface area contributed by atoms with Crippen LogP contribution in [0.15, 0.2) is 106 Å². The summed E-state index contributed by atoms with van der Waals surface area (Å²) in [6.07, 6.45) is 13.6. The first kappa shape index (κ1) is 23.0. The molecule has 4 heteroatoms. The monoisotopic (exact) mass is 428 g/mol. The number of hydrogen-bond acceptors (Lipinski definition) is 4. The standard InChI is InChI=1S/C28H28O4/c1-18(2)22-15-14-21(13-12-20-9-7-6-8-10-20)25-24(17-22)19(3)11-16-23(27(29)31-4)26(25)28(30)32-5/h6-18H,1-5H3/b13-12+. The molecule has 0 fully saturated rings. The van der Waals surface area contributed by atoms with Crippen molar-refractivity contribution in [3.05, 3.63) is 111 Å². The molecule has 0 aromatic heterocycles. The lowest BCUT2D eigenvalue weighted by Crippen LogP contribution is -2.16. The van der Waals surface area contributed by atoms with Gasteiger partial charge in [-0.3, -0.25) is 0 Å². The van der Waals surface area contributed by atoms with E-state index in [0.717, 1.165) is 27.9 Å². The minimum Gasteiger partial charge on any atom is -0.465 e. The molecule has 3 rings (SSSR count). The summed E-state index contributed by atoms with van der Waals surface area (Å²) in [4.78, 5) is 25.7. The molecule has 0 atom stereocenters. The number of methoxy groups -OCH3 is 2. The first-order valence-electron chi connectivity index (χ1n) is 10.5. The van der Waals surface area contributed by atoms with Gasteiger partial charge in [-0.1, -0.05) is 80.6 Å². The lowest BCUT2D eigenvalue weighted by molar-refractivity contribution is -0.138. The fraction of sp³-hybridized carbons (Fsp3) is 0.214. The van der Waals surface area contributed by atoms with Crippen molar-refractivity contribution in [2.45, 2.75) is 20.8 Å². The van der Waals surface area contributed by atoms with Crippen molar-refractivity contribution < 1.29 is 19.1 Å². The first-order chi connectivity index (χ1) is 15.4. The van der Waals surface area contributed by atoms with Gasteiger partial charge in [0.2, 0.25) is 0 Å². The van der Waals surface area contributed by atoms with Crippen LogP contribution in [0.4, 0.5) is 0 Å². The Morgan fingerprint density at radius 3 is 2.19 bits per heavy atom. The normalized spacial score (nSPS) is 16.2. The van der Waals surface area contributed by atoms with E-state index in [0.29, 0.717) is 5.57 Å². The minimum atomic E-state index is -0.587. The fourth-order valence-corrected chi connectivity index (χ4v) is 3.66. The number of allylic oxidation sites excluding steroid dienone is 9. The predicted octanol–water partition coefficient (Wildman–Crippen LogP) is 5.68. The Balaban J connectivity index is 2.37. The van der Waals surface area contributed by atoms with Gasteiger partial charge in [0.05, 0.1) is 25.4 Å². The molecule has 1 aromatic carbocycles. The van der Waals surface area contributed by atoms with Crippen LogP contribution in [-0.2, 0) is 19.1 Å². The van der Waals surface area contributed by atoms with Gasteiger partial charge in [0, 0.05) is 5.57 Å². The van der Waals surface area contributed by atoms with E-state index in [1.54, 1.807) is 6.08 Å². The van der Waals surface area contributed by atoms with Crippen molar-refractivity contribution in [3.63, 3.8) is 0 Å². The molecular formula is C28H28O4. The average molecular weight is 429 g/mol. The van der Waals surface area contributed by atoms with Crippen LogP contribution in [0.1, 0.15) is 26.3 Å². The van der Waals surface area contributed by atoms with E-state index in [4.69, 9.17) is 9.47 Å². The van der Waals surface area contributed by atoms with Crippen LogP contribution in [0.2, 0.25) is 0 Å². The molecule has 0 bridgehead atoms. The van der Waals surface area contributed by atoms with Gasteiger partial charge in [-0.15, -0.1) is 0 Å². The molecule has 4 nitrogen and oxygen atoms in total. The molecule has 0 heterocycles. The highest BCUT2D eigenvalue weighted by atomic mass is 16.5. The molecule has 164 valence electrons. The summed E-state index contributed by atoms with van der Waals surface area (Å²) in [6.45, 7) is 6.22. The molecule has 0 radical (unpaired) electrons. The van der Waals surface area contributed by atoms with E-state index < -0.39 is 11.9 Å². The van der Waals surface area contributed by atoms with Crippen molar-refractivity contribution in [2.75, 3.05) is 14.2 Å². The predicted molar refractivity (Wildman–Crippen MR) is 127 cm³/mol. The minimum absolute atomic E-state index is 0.170. The van der Waals surface area contributed by atoms with Crippen molar-refractivity contribution in [2.24, 2.45) is 5.92 Å². The number of ether oxygens (including phenoxy) is 2. The summed E-state index contributed by atoms with van der Waals surface area (Å²) in [6, 6.07) is 9.92. The van der Waals surface area contributed by atoms with Crippen molar-refractivity contribution in [1.82, 2.24) is 0 Å². The van der Waals surface area contributed by atoms with E-state index in [9.17, 15) is 9.59 Å². The Kier molecular flexibility index (Phi) is 7.26. The number of carbonyl (C=O) groups excluding carboxylic acids is 2.